The van der Waals surface area contributed by atoms with E-state index in [0.29, 0.717) is 28.4 Å². The molecule has 0 aliphatic rings. The molecule has 0 spiro atoms. The van der Waals surface area contributed by atoms with Crippen LogP contribution in [0.15, 0.2) is 114 Å². The van der Waals surface area contributed by atoms with E-state index < -0.39 is 10.0 Å². The van der Waals surface area contributed by atoms with Crippen molar-refractivity contribution in [2.24, 2.45) is 0 Å². The fourth-order valence-electron chi connectivity index (χ4n) is 2.97. The van der Waals surface area contributed by atoms with E-state index in [1.165, 1.54) is 12.1 Å². The zero-order valence-corrected chi connectivity index (χ0v) is 17.8. The first kappa shape index (κ1) is 21.1. The average Bonchev–Trinajstić information content (AvgIpc) is 2.82. The number of amides is 1. The Kier molecular flexibility index (Phi) is 6.19. The Balaban J connectivity index is 1.46. The fourth-order valence-corrected chi connectivity index (χ4v) is 4.05. The third-order valence-corrected chi connectivity index (χ3v) is 5.96. The molecule has 2 N–H and O–H groups in total. The SMILES string of the molecule is O=C(Nc1ccccc1Oc1ccccc1)c1ccc(NS(=O)(=O)c2ccccc2)cc1. The molecule has 0 unspecified atom stereocenters. The molecule has 0 fully saturated rings. The van der Waals surface area contributed by atoms with Crippen LogP contribution in [-0.4, -0.2) is 14.3 Å². The molecule has 0 heterocycles. The second kappa shape index (κ2) is 9.36. The lowest BCUT2D eigenvalue weighted by atomic mass is 10.2. The largest absolute Gasteiger partial charge is 0.455 e. The van der Waals surface area contributed by atoms with Gasteiger partial charge in [0.15, 0.2) is 5.75 Å². The highest BCUT2D eigenvalue weighted by molar-refractivity contribution is 7.92. The molecule has 0 aromatic heterocycles. The molecule has 160 valence electrons. The molecular weight excluding hydrogens is 424 g/mol. The van der Waals surface area contributed by atoms with E-state index in [1.54, 1.807) is 60.7 Å². The number of para-hydroxylation sites is 3. The van der Waals surface area contributed by atoms with Crippen molar-refractivity contribution in [3.8, 4) is 11.5 Å². The number of rotatable bonds is 7. The van der Waals surface area contributed by atoms with Gasteiger partial charge in [0.25, 0.3) is 15.9 Å². The van der Waals surface area contributed by atoms with E-state index in [2.05, 4.69) is 10.0 Å². The van der Waals surface area contributed by atoms with Crippen LogP contribution in [0.1, 0.15) is 10.4 Å². The highest BCUT2D eigenvalue weighted by Crippen LogP contribution is 2.29. The summed E-state index contributed by atoms with van der Waals surface area (Å²) in [4.78, 5) is 12.9. The molecule has 4 aromatic carbocycles. The molecule has 0 atom stereocenters. The van der Waals surface area contributed by atoms with Crippen LogP contribution in [0.3, 0.4) is 0 Å². The topological polar surface area (TPSA) is 84.5 Å². The van der Waals surface area contributed by atoms with Crippen molar-refractivity contribution < 1.29 is 17.9 Å². The predicted octanol–water partition coefficient (Wildman–Crippen LogP) is 5.53. The molecule has 6 nitrogen and oxygen atoms in total. The molecule has 0 aliphatic heterocycles. The monoisotopic (exact) mass is 444 g/mol. The molecule has 32 heavy (non-hydrogen) atoms. The summed E-state index contributed by atoms with van der Waals surface area (Å²) in [5.41, 5.74) is 1.26. The average molecular weight is 445 g/mol. The minimum Gasteiger partial charge on any atom is -0.455 e. The molecule has 0 bridgehead atoms. The van der Waals surface area contributed by atoms with Gasteiger partial charge in [0, 0.05) is 11.3 Å². The molecule has 0 saturated heterocycles. The standard InChI is InChI=1S/C25H20N2O4S/c28-25(26-23-13-7-8-14-24(23)31-21-9-3-1-4-10-21)19-15-17-20(18-16-19)27-32(29,30)22-11-5-2-6-12-22/h1-18,27H,(H,26,28). The van der Waals surface area contributed by atoms with E-state index in [0.717, 1.165) is 0 Å². The van der Waals surface area contributed by atoms with Gasteiger partial charge in [0.2, 0.25) is 0 Å². The lowest BCUT2D eigenvalue weighted by Crippen LogP contribution is -2.14. The first-order chi connectivity index (χ1) is 15.5. The smallest absolute Gasteiger partial charge is 0.261 e. The van der Waals surface area contributed by atoms with Crippen LogP contribution < -0.4 is 14.8 Å². The van der Waals surface area contributed by atoms with Gasteiger partial charge in [-0.3, -0.25) is 9.52 Å². The Labute approximate surface area is 186 Å². The molecule has 0 aliphatic carbocycles. The summed E-state index contributed by atoms with van der Waals surface area (Å²) in [6.45, 7) is 0. The van der Waals surface area contributed by atoms with E-state index >= 15 is 0 Å². The number of ether oxygens (including phenoxy) is 1. The van der Waals surface area contributed by atoms with E-state index in [-0.39, 0.29) is 10.8 Å². The zero-order valence-electron chi connectivity index (χ0n) is 16.9. The highest BCUT2D eigenvalue weighted by atomic mass is 32.2. The van der Waals surface area contributed by atoms with Gasteiger partial charge in [-0.2, -0.15) is 0 Å². The second-order valence-corrected chi connectivity index (χ2v) is 8.54. The summed E-state index contributed by atoms with van der Waals surface area (Å²) in [7, 11) is -3.70. The van der Waals surface area contributed by atoms with Gasteiger partial charge in [0.05, 0.1) is 10.6 Å². The van der Waals surface area contributed by atoms with Gasteiger partial charge in [-0.05, 0) is 60.7 Å². The Hall–Kier alpha value is -4.10. The van der Waals surface area contributed by atoms with Crippen LogP contribution in [0, 0.1) is 0 Å². The fraction of sp³-hybridized carbons (Fsp3) is 0. The Bertz CT molecular complexity index is 1310. The number of benzene rings is 4. The zero-order chi connectivity index (χ0) is 22.4. The van der Waals surface area contributed by atoms with E-state index in [4.69, 9.17) is 4.74 Å². The number of sulfonamides is 1. The first-order valence-electron chi connectivity index (χ1n) is 9.82. The number of hydrogen-bond donors (Lipinski definition) is 2. The first-order valence-corrected chi connectivity index (χ1v) is 11.3. The molecule has 0 saturated carbocycles. The summed E-state index contributed by atoms with van der Waals surface area (Å²) in [6, 6.07) is 30.7. The maximum atomic E-state index is 12.7. The number of carbonyl (C=O) groups excluding carboxylic acids is 1. The normalized spacial score (nSPS) is 10.9. The Morgan fingerprint density at radius 3 is 1.97 bits per heavy atom. The van der Waals surface area contributed by atoms with Crippen molar-refractivity contribution in [2.45, 2.75) is 4.90 Å². The summed E-state index contributed by atoms with van der Waals surface area (Å²) < 4.78 is 33.3. The van der Waals surface area contributed by atoms with Gasteiger partial charge in [0.1, 0.15) is 5.75 Å². The molecular formula is C25H20N2O4S. The number of hydrogen-bond acceptors (Lipinski definition) is 4. The molecule has 7 heteroatoms. The lowest BCUT2D eigenvalue weighted by molar-refractivity contribution is 0.102. The molecule has 0 radical (unpaired) electrons. The Morgan fingerprint density at radius 2 is 1.28 bits per heavy atom. The summed E-state index contributed by atoms with van der Waals surface area (Å²) in [5.74, 6) is 0.829. The third-order valence-electron chi connectivity index (χ3n) is 4.56. The quantitative estimate of drug-likeness (QED) is 0.392. The maximum Gasteiger partial charge on any atom is 0.261 e. The van der Waals surface area contributed by atoms with Gasteiger partial charge < -0.3 is 10.1 Å². The van der Waals surface area contributed by atoms with E-state index in [9.17, 15) is 13.2 Å². The van der Waals surface area contributed by atoms with Crippen LogP contribution in [0.25, 0.3) is 0 Å². The Morgan fingerprint density at radius 1 is 0.688 bits per heavy atom. The number of carbonyl (C=O) groups is 1. The van der Waals surface area contributed by atoms with Crippen molar-refractivity contribution >= 4 is 27.3 Å². The minimum atomic E-state index is -3.70. The van der Waals surface area contributed by atoms with Gasteiger partial charge in [-0.25, -0.2) is 8.42 Å². The predicted molar refractivity (Wildman–Crippen MR) is 125 cm³/mol. The summed E-state index contributed by atoms with van der Waals surface area (Å²) in [6.07, 6.45) is 0. The van der Waals surface area contributed by atoms with Gasteiger partial charge in [-0.1, -0.05) is 48.5 Å². The molecule has 4 rings (SSSR count). The van der Waals surface area contributed by atoms with Crippen LogP contribution >= 0.6 is 0 Å². The van der Waals surface area contributed by atoms with Crippen molar-refractivity contribution in [2.75, 3.05) is 10.0 Å². The van der Waals surface area contributed by atoms with Crippen molar-refractivity contribution in [3.05, 3.63) is 115 Å². The van der Waals surface area contributed by atoms with Crippen molar-refractivity contribution in [3.63, 3.8) is 0 Å². The molecule has 4 aromatic rings. The van der Waals surface area contributed by atoms with Crippen LogP contribution in [-0.2, 0) is 10.0 Å². The van der Waals surface area contributed by atoms with Crippen LogP contribution in [0.4, 0.5) is 11.4 Å². The number of nitrogens with one attached hydrogen (secondary N) is 2. The summed E-state index contributed by atoms with van der Waals surface area (Å²) >= 11 is 0. The maximum absolute atomic E-state index is 12.7. The van der Waals surface area contributed by atoms with Crippen LogP contribution in [0.2, 0.25) is 0 Å². The van der Waals surface area contributed by atoms with Crippen molar-refractivity contribution in [1.29, 1.82) is 0 Å². The molecule has 1 amide bonds. The summed E-state index contributed by atoms with van der Waals surface area (Å²) in [5, 5.41) is 2.84. The van der Waals surface area contributed by atoms with E-state index in [1.807, 2.05) is 36.4 Å². The number of anilines is 2. The van der Waals surface area contributed by atoms with Gasteiger partial charge in [-0.15, -0.1) is 0 Å². The van der Waals surface area contributed by atoms with Crippen molar-refractivity contribution in [1.82, 2.24) is 0 Å². The van der Waals surface area contributed by atoms with Crippen LogP contribution in [0.5, 0.6) is 11.5 Å². The van der Waals surface area contributed by atoms with Gasteiger partial charge >= 0.3 is 0 Å². The minimum absolute atomic E-state index is 0.164. The third kappa shape index (κ3) is 5.14. The highest BCUT2D eigenvalue weighted by Gasteiger charge is 2.14. The second-order valence-electron chi connectivity index (χ2n) is 6.86. The lowest BCUT2D eigenvalue weighted by Gasteiger charge is -2.13.